The standard InChI is InChI=1S/C9H9IO3/c10-13-8-3-1-2-7(4-8)11-5-9-6-12-9/h1-4,9H,5-6H2. The van der Waals surface area contributed by atoms with Crippen molar-refractivity contribution in [2.45, 2.75) is 6.10 Å². The Labute approximate surface area is 90.7 Å². The molecule has 1 saturated heterocycles. The van der Waals surface area contributed by atoms with E-state index < -0.39 is 0 Å². The van der Waals surface area contributed by atoms with Gasteiger partial charge in [0.25, 0.3) is 0 Å². The third-order valence-electron chi connectivity index (χ3n) is 1.73. The summed E-state index contributed by atoms with van der Waals surface area (Å²) in [6, 6.07) is 7.54. The molecule has 0 aromatic heterocycles. The molecule has 2 rings (SSSR count). The van der Waals surface area contributed by atoms with E-state index in [-0.39, 0.29) is 0 Å². The lowest BCUT2D eigenvalue weighted by Gasteiger charge is -2.04. The second-order valence-corrected chi connectivity index (χ2v) is 3.26. The molecule has 1 aromatic rings. The van der Waals surface area contributed by atoms with Crippen molar-refractivity contribution in [1.82, 2.24) is 0 Å². The quantitative estimate of drug-likeness (QED) is 0.629. The highest BCUT2D eigenvalue weighted by Crippen LogP contribution is 2.21. The van der Waals surface area contributed by atoms with Crippen LogP contribution in [0.5, 0.6) is 11.5 Å². The summed E-state index contributed by atoms with van der Waals surface area (Å²) in [5, 5.41) is 0. The minimum absolute atomic E-state index is 0.296. The third kappa shape index (κ3) is 2.73. The summed E-state index contributed by atoms with van der Waals surface area (Å²) in [6.07, 6.45) is 0.296. The molecule has 0 bridgehead atoms. The Morgan fingerprint density at radius 2 is 2.23 bits per heavy atom. The summed E-state index contributed by atoms with van der Waals surface area (Å²) in [4.78, 5) is 0. The van der Waals surface area contributed by atoms with Gasteiger partial charge in [-0.2, -0.15) is 0 Å². The average molecular weight is 292 g/mol. The normalized spacial score (nSPS) is 19.6. The van der Waals surface area contributed by atoms with E-state index in [4.69, 9.17) is 12.5 Å². The lowest BCUT2D eigenvalue weighted by molar-refractivity contribution is 0.262. The molecular weight excluding hydrogens is 283 g/mol. The van der Waals surface area contributed by atoms with Crippen LogP contribution in [0.25, 0.3) is 0 Å². The Kier molecular flexibility index (Phi) is 2.90. The predicted octanol–water partition coefficient (Wildman–Crippen LogP) is 2.19. The molecule has 1 unspecified atom stereocenters. The van der Waals surface area contributed by atoms with Gasteiger partial charge in [-0.05, 0) is 12.1 Å². The molecule has 70 valence electrons. The van der Waals surface area contributed by atoms with Gasteiger partial charge in [0.1, 0.15) is 24.2 Å². The van der Waals surface area contributed by atoms with E-state index in [9.17, 15) is 0 Å². The van der Waals surface area contributed by atoms with E-state index in [2.05, 4.69) is 0 Å². The molecular formula is C9H9IO3. The molecule has 1 aliphatic rings. The van der Waals surface area contributed by atoms with Crippen molar-refractivity contribution in [2.75, 3.05) is 13.2 Å². The minimum atomic E-state index is 0.296. The van der Waals surface area contributed by atoms with Gasteiger partial charge in [-0.15, -0.1) is 0 Å². The second kappa shape index (κ2) is 4.15. The van der Waals surface area contributed by atoms with Crippen LogP contribution in [-0.2, 0) is 4.74 Å². The highest BCUT2D eigenvalue weighted by Gasteiger charge is 2.22. The van der Waals surface area contributed by atoms with Gasteiger partial charge in [0, 0.05) is 6.07 Å². The largest absolute Gasteiger partial charge is 0.491 e. The van der Waals surface area contributed by atoms with Crippen molar-refractivity contribution in [2.24, 2.45) is 0 Å². The molecule has 4 heteroatoms. The smallest absolute Gasteiger partial charge is 0.192 e. The topological polar surface area (TPSA) is 31.0 Å². The lowest BCUT2D eigenvalue weighted by atomic mass is 10.3. The number of halogens is 1. The molecule has 1 fully saturated rings. The Morgan fingerprint density at radius 3 is 2.92 bits per heavy atom. The van der Waals surface area contributed by atoms with Gasteiger partial charge in [0.2, 0.25) is 0 Å². The summed E-state index contributed by atoms with van der Waals surface area (Å²) in [7, 11) is 0. The van der Waals surface area contributed by atoms with Gasteiger partial charge < -0.3 is 12.5 Å². The Balaban J connectivity index is 1.93. The fraction of sp³-hybridized carbons (Fsp3) is 0.333. The summed E-state index contributed by atoms with van der Waals surface area (Å²) in [6.45, 7) is 1.45. The average Bonchev–Trinajstić information content (AvgIpc) is 2.99. The fourth-order valence-corrected chi connectivity index (χ4v) is 1.24. The van der Waals surface area contributed by atoms with Crippen molar-refractivity contribution < 1.29 is 12.5 Å². The van der Waals surface area contributed by atoms with E-state index >= 15 is 0 Å². The Bertz CT molecular complexity index is 286. The molecule has 0 radical (unpaired) electrons. The first kappa shape index (κ1) is 9.08. The second-order valence-electron chi connectivity index (χ2n) is 2.82. The summed E-state index contributed by atoms with van der Waals surface area (Å²) in [5.74, 6) is 1.62. The third-order valence-corrected chi connectivity index (χ3v) is 2.24. The number of rotatable bonds is 4. The number of benzene rings is 1. The number of hydrogen-bond acceptors (Lipinski definition) is 3. The van der Waals surface area contributed by atoms with Crippen LogP contribution in [-0.4, -0.2) is 19.3 Å². The van der Waals surface area contributed by atoms with E-state index in [1.165, 1.54) is 0 Å². The van der Waals surface area contributed by atoms with Gasteiger partial charge >= 0.3 is 0 Å². The minimum Gasteiger partial charge on any atom is -0.491 e. The molecule has 0 saturated carbocycles. The van der Waals surface area contributed by atoms with Gasteiger partial charge in [-0.3, -0.25) is 0 Å². The molecule has 0 amide bonds. The van der Waals surface area contributed by atoms with Gasteiger partial charge in [-0.25, -0.2) is 0 Å². The van der Waals surface area contributed by atoms with Crippen LogP contribution in [0.3, 0.4) is 0 Å². The van der Waals surface area contributed by atoms with Crippen molar-refractivity contribution in [3.63, 3.8) is 0 Å². The first-order chi connectivity index (χ1) is 6.38. The highest BCUT2D eigenvalue weighted by atomic mass is 127. The van der Waals surface area contributed by atoms with Gasteiger partial charge in [-0.1, -0.05) is 6.07 Å². The number of hydrogen-bond donors (Lipinski definition) is 0. The first-order valence-corrected chi connectivity index (χ1v) is 4.89. The van der Waals surface area contributed by atoms with Gasteiger partial charge in [0.15, 0.2) is 23.0 Å². The van der Waals surface area contributed by atoms with Crippen LogP contribution >= 0.6 is 23.0 Å². The Morgan fingerprint density at radius 1 is 1.46 bits per heavy atom. The van der Waals surface area contributed by atoms with Crippen LogP contribution in [0.2, 0.25) is 0 Å². The fourth-order valence-electron chi connectivity index (χ4n) is 0.965. The predicted molar refractivity (Wildman–Crippen MR) is 56.3 cm³/mol. The van der Waals surface area contributed by atoms with E-state index in [1.54, 1.807) is 0 Å². The zero-order valence-corrected chi connectivity index (χ0v) is 9.06. The first-order valence-electron chi connectivity index (χ1n) is 4.01. The maximum atomic E-state index is 5.46. The van der Waals surface area contributed by atoms with E-state index in [1.807, 2.05) is 47.3 Å². The van der Waals surface area contributed by atoms with E-state index in [0.29, 0.717) is 12.7 Å². The zero-order chi connectivity index (χ0) is 9.10. The lowest BCUT2D eigenvalue weighted by Crippen LogP contribution is -2.03. The number of epoxide rings is 1. The van der Waals surface area contributed by atoms with Crippen molar-refractivity contribution in [1.29, 1.82) is 0 Å². The molecule has 0 aliphatic carbocycles. The zero-order valence-electron chi connectivity index (χ0n) is 6.90. The SMILES string of the molecule is IOc1cccc(OCC2CO2)c1. The van der Waals surface area contributed by atoms with Crippen LogP contribution in [0, 0.1) is 0 Å². The van der Waals surface area contributed by atoms with Crippen LogP contribution in [0.4, 0.5) is 0 Å². The molecule has 0 spiro atoms. The molecule has 1 heterocycles. The van der Waals surface area contributed by atoms with Crippen molar-refractivity contribution in [3.8, 4) is 11.5 Å². The van der Waals surface area contributed by atoms with Crippen molar-refractivity contribution in [3.05, 3.63) is 24.3 Å². The van der Waals surface area contributed by atoms with Gasteiger partial charge in [0.05, 0.1) is 6.61 Å². The van der Waals surface area contributed by atoms with Crippen LogP contribution in [0.1, 0.15) is 0 Å². The highest BCUT2D eigenvalue weighted by molar-refractivity contribution is 14.1. The molecule has 3 nitrogen and oxygen atoms in total. The summed E-state index contributed by atoms with van der Waals surface area (Å²) < 4.78 is 15.5. The van der Waals surface area contributed by atoms with E-state index in [0.717, 1.165) is 18.1 Å². The summed E-state index contributed by atoms with van der Waals surface area (Å²) in [5.41, 5.74) is 0. The monoisotopic (exact) mass is 292 g/mol. The van der Waals surface area contributed by atoms with Crippen LogP contribution in [0.15, 0.2) is 24.3 Å². The summed E-state index contributed by atoms with van der Waals surface area (Å²) >= 11 is 1.84. The molecule has 13 heavy (non-hydrogen) atoms. The maximum absolute atomic E-state index is 5.46. The molecule has 0 N–H and O–H groups in total. The molecule has 1 aliphatic heterocycles. The molecule has 1 aromatic carbocycles. The van der Waals surface area contributed by atoms with Crippen LogP contribution < -0.4 is 7.80 Å². The maximum Gasteiger partial charge on any atom is 0.192 e. The Hall–Kier alpha value is -0.490. The molecule has 1 atom stereocenters. The number of ether oxygens (including phenoxy) is 2. The van der Waals surface area contributed by atoms with Crippen molar-refractivity contribution >= 4 is 23.0 Å².